The molecule has 1 saturated carbocycles. The monoisotopic (exact) mass is 286 g/mol. The van der Waals surface area contributed by atoms with Crippen molar-refractivity contribution in [2.45, 2.75) is 18.9 Å². The first-order valence-corrected chi connectivity index (χ1v) is 7.14. The molecule has 1 aromatic rings. The summed E-state index contributed by atoms with van der Waals surface area (Å²) in [6.07, 6.45) is 2.08. The fourth-order valence-electron chi connectivity index (χ4n) is 2.90. The zero-order chi connectivity index (χ0) is 13.4. The lowest BCUT2D eigenvalue weighted by Crippen LogP contribution is -2.46. The first-order valence-electron chi connectivity index (χ1n) is 6.76. The van der Waals surface area contributed by atoms with Gasteiger partial charge < -0.3 is 5.32 Å². The van der Waals surface area contributed by atoms with Crippen LogP contribution >= 0.6 is 11.6 Å². The van der Waals surface area contributed by atoms with Crippen LogP contribution in [0.2, 0.25) is 5.02 Å². The largest absolute Gasteiger partial charge is 0.314 e. The van der Waals surface area contributed by atoms with E-state index in [2.05, 4.69) is 10.2 Å². The molecule has 0 spiro atoms. The number of halogens is 3. The quantitative estimate of drug-likeness (QED) is 0.860. The van der Waals surface area contributed by atoms with Crippen molar-refractivity contribution in [2.24, 2.45) is 5.92 Å². The lowest BCUT2D eigenvalue weighted by molar-refractivity contribution is 0.149. The standard InChI is InChI=1S/C14H17ClF2N2/c15-10-3-4-11(16)12(13(10)17)14(9-1-2-9)19-7-5-18-6-8-19/h3-4,9,14,18H,1-2,5-8H2/t14-/m1/s1. The van der Waals surface area contributed by atoms with Gasteiger partial charge in [0.2, 0.25) is 0 Å². The maximum Gasteiger partial charge on any atom is 0.149 e. The molecule has 1 atom stereocenters. The van der Waals surface area contributed by atoms with Crippen LogP contribution in [-0.4, -0.2) is 31.1 Å². The number of rotatable bonds is 3. The fourth-order valence-corrected chi connectivity index (χ4v) is 3.07. The van der Waals surface area contributed by atoms with Gasteiger partial charge in [0.25, 0.3) is 0 Å². The zero-order valence-electron chi connectivity index (χ0n) is 10.6. The second kappa shape index (κ2) is 5.35. The van der Waals surface area contributed by atoms with E-state index in [0.717, 1.165) is 39.0 Å². The normalized spacial score (nSPS) is 22.5. The Balaban J connectivity index is 1.97. The van der Waals surface area contributed by atoms with Crippen molar-refractivity contribution in [3.8, 4) is 0 Å². The molecule has 0 aromatic heterocycles. The first-order chi connectivity index (χ1) is 9.18. The summed E-state index contributed by atoms with van der Waals surface area (Å²) in [5.74, 6) is -0.699. The third-order valence-corrected chi connectivity index (χ3v) is 4.28. The van der Waals surface area contributed by atoms with Crippen LogP contribution in [0.15, 0.2) is 12.1 Å². The van der Waals surface area contributed by atoms with E-state index >= 15 is 0 Å². The van der Waals surface area contributed by atoms with Gasteiger partial charge in [0.05, 0.1) is 5.02 Å². The van der Waals surface area contributed by atoms with Crippen LogP contribution in [0.25, 0.3) is 0 Å². The van der Waals surface area contributed by atoms with Gasteiger partial charge in [-0.25, -0.2) is 8.78 Å². The highest BCUT2D eigenvalue weighted by atomic mass is 35.5. The summed E-state index contributed by atoms with van der Waals surface area (Å²) in [5.41, 5.74) is 0.164. The minimum Gasteiger partial charge on any atom is -0.314 e. The van der Waals surface area contributed by atoms with E-state index in [1.54, 1.807) is 0 Å². The van der Waals surface area contributed by atoms with Crippen molar-refractivity contribution >= 4 is 11.6 Å². The minimum absolute atomic E-state index is 0.0113. The average molecular weight is 287 g/mol. The van der Waals surface area contributed by atoms with Crippen LogP contribution in [-0.2, 0) is 0 Å². The molecule has 0 bridgehead atoms. The number of hydrogen-bond donors (Lipinski definition) is 1. The summed E-state index contributed by atoms with van der Waals surface area (Å²) in [6.45, 7) is 3.39. The molecule has 0 amide bonds. The van der Waals surface area contributed by atoms with E-state index in [9.17, 15) is 8.78 Å². The second-order valence-corrected chi connectivity index (χ2v) is 5.73. The molecule has 5 heteroatoms. The molecule has 0 radical (unpaired) electrons. The highest BCUT2D eigenvalue weighted by molar-refractivity contribution is 6.30. The predicted octanol–water partition coefficient (Wildman–Crippen LogP) is 2.97. The van der Waals surface area contributed by atoms with Crippen molar-refractivity contribution in [1.82, 2.24) is 10.2 Å². The second-order valence-electron chi connectivity index (χ2n) is 5.33. The number of hydrogen-bond acceptors (Lipinski definition) is 2. The Bertz CT molecular complexity index is 471. The van der Waals surface area contributed by atoms with Crippen molar-refractivity contribution in [1.29, 1.82) is 0 Å². The van der Waals surface area contributed by atoms with Crippen molar-refractivity contribution in [2.75, 3.05) is 26.2 Å². The van der Waals surface area contributed by atoms with Crippen LogP contribution < -0.4 is 5.32 Å². The van der Waals surface area contributed by atoms with Crippen LogP contribution in [0.1, 0.15) is 24.4 Å². The number of nitrogens with one attached hydrogen (secondary N) is 1. The molecule has 1 aromatic carbocycles. The summed E-state index contributed by atoms with van der Waals surface area (Å²) in [4.78, 5) is 2.19. The summed E-state index contributed by atoms with van der Waals surface area (Å²) in [6, 6.07) is 2.40. The van der Waals surface area contributed by atoms with Gasteiger partial charge in [-0.15, -0.1) is 0 Å². The predicted molar refractivity (Wildman–Crippen MR) is 71.3 cm³/mol. The first kappa shape index (κ1) is 13.3. The van der Waals surface area contributed by atoms with Crippen LogP contribution in [0.3, 0.4) is 0 Å². The maximum atomic E-state index is 14.2. The molecule has 2 aliphatic rings. The summed E-state index contributed by atoms with van der Waals surface area (Å²) in [7, 11) is 0. The molecule has 1 N–H and O–H groups in total. The van der Waals surface area contributed by atoms with Gasteiger partial charge in [-0.2, -0.15) is 0 Å². The van der Waals surface area contributed by atoms with Crippen LogP contribution in [0.5, 0.6) is 0 Å². The number of piperazine rings is 1. The Hall–Kier alpha value is -0.710. The van der Waals surface area contributed by atoms with E-state index in [0.29, 0.717) is 5.92 Å². The third kappa shape index (κ3) is 2.62. The highest BCUT2D eigenvalue weighted by Crippen LogP contribution is 2.46. The van der Waals surface area contributed by atoms with Crippen molar-refractivity contribution < 1.29 is 8.78 Å². The molecule has 1 heterocycles. The van der Waals surface area contributed by atoms with Crippen molar-refractivity contribution in [3.63, 3.8) is 0 Å². The molecule has 19 heavy (non-hydrogen) atoms. The summed E-state index contributed by atoms with van der Waals surface area (Å²) in [5, 5.41) is 3.28. The highest BCUT2D eigenvalue weighted by Gasteiger charge is 2.40. The SMILES string of the molecule is Fc1ccc(Cl)c(F)c1[C@@H](C1CC1)N1CCNCC1. The Kier molecular flexibility index (Phi) is 3.74. The fraction of sp³-hybridized carbons (Fsp3) is 0.571. The summed E-state index contributed by atoms with van der Waals surface area (Å²) < 4.78 is 28.3. The van der Waals surface area contributed by atoms with Gasteiger partial charge in [0.1, 0.15) is 11.6 Å². The zero-order valence-corrected chi connectivity index (χ0v) is 11.4. The lowest BCUT2D eigenvalue weighted by atomic mass is 9.98. The molecule has 2 fully saturated rings. The van der Waals surface area contributed by atoms with E-state index in [1.165, 1.54) is 12.1 Å². The van der Waals surface area contributed by atoms with Gasteiger partial charge in [-0.05, 0) is 30.9 Å². The van der Waals surface area contributed by atoms with Gasteiger partial charge in [0.15, 0.2) is 0 Å². The molecule has 2 nitrogen and oxygen atoms in total. The van der Waals surface area contributed by atoms with Crippen LogP contribution in [0, 0.1) is 17.6 Å². The Labute approximate surface area is 116 Å². The Morgan fingerprint density at radius 2 is 1.89 bits per heavy atom. The van der Waals surface area contributed by atoms with Gasteiger partial charge in [-0.1, -0.05) is 11.6 Å². The number of nitrogens with zero attached hydrogens (tertiary/aromatic N) is 1. The average Bonchev–Trinajstić information content (AvgIpc) is 3.24. The lowest BCUT2D eigenvalue weighted by Gasteiger charge is -2.35. The van der Waals surface area contributed by atoms with Gasteiger partial charge in [-0.3, -0.25) is 4.90 Å². The minimum atomic E-state index is -0.586. The molecule has 0 unspecified atom stereocenters. The molecular weight excluding hydrogens is 270 g/mol. The molecule has 1 aliphatic carbocycles. The topological polar surface area (TPSA) is 15.3 Å². The maximum absolute atomic E-state index is 14.2. The van der Waals surface area contributed by atoms with Gasteiger partial charge >= 0.3 is 0 Å². The van der Waals surface area contributed by atoms with Crippen molar-refractivity contribution in [3.05, 3.63) is 34.4 Å². The van der Waals surface area contributed by atoms with E-state index in [-0.39, 0.29) is 16.6 Å². The molecular formula is C14H17ClF2N2. The number of benzene rings is 1. The summed E-state index contributed by atoms with van der Waals surface area (Å²) >= 11 is 5.82. The smallest absolute Gasteiger partial charge is 0.149 e. The van der Waals surface area contributed by atoms with Crippen LogP contribution in [0.4, 0.5) is 8.78 Å². The van der Waals surface area contributed by atoms with E-state index in [1.807, 2.05) is 0 Å². The molecule has 3 rings (SSSR count). The molecule has 1 aliphatic heterocycles. The molecule has 104 valence electrons. The Morgan fingerprint density at radius 3 is 2.53 bits per heavy atom. The third-order valence-electron chi connectivity index (χ3n) is 3.99. The molecule has 1 saturated heterocycles. The van der Waals surface area contributed by atoms with E-state index < -0.39 is 11.6 Å². The Morgan fingerprint density at radius 1 is 1.21 bits per heavy atom. The van der Waals surface area contributed by atoms with Gasteiger partial charge in [0, 0.05) is 37.8 Å². The van der Waals surface area contributed by atoms with E-state index in [4.69, 9.17) is 11.6 Å².